The summed E-state index contributed by atoms with van der Waals surface area (Å²) in [4.78, 5) is 0. The minimum absolute atomic E-state index is 0.919. The Morgan fingerprint density at radius 2 is 1.23 bits per heavy atom. The third-order valence-corrected chi connectivity index (χ3v) is 6.26. The summed E-state index contributed by atoms with van der Waals surface area (Å²) in [5.74, 6) is 1.33. The van der Waals surface area contributed by atoms with Crippen LogP contribution >= 0.6 is 0 Å². The predicted molar refractivity (Wildman–Crippen MR) is 132 cm³/mol. The molecule has 0 saturated carbocycles. The lowest BCUT2D eigenvalue weighted by Gasteiger charge is -2.07. The molecular formula is C29H41N2+. The van der Waals surface area contributed by atoms with E-state index in [9.17, 15) is 0 Å². The first-order valence-corrected chi connectivity index (χ1v) is 12.5. The van der Waals surface area contributed by atoms with Crippen LogP contribution < -0.4 is 4.57 Å². The van der Waals surface area contributed by atoms with Crippen molar-refractivity contribution in [2.75, 3.05) is 0 Å². The Hall–Kier alpha value is -2.35. The highest BCUT2D eigenvalue weighted by Gasteiger charge is 2.22. The zero-order valence-electron chi connectivity index (χ0n) is 19.7. The molecule has 1 heterocycles. The molecule has 0 fully saturated rings. The van der Waals surface area contributed by atoms with E-state index >= 15 is 0 Å². The van der Waals surface area contributed by atoms with Crippen LogP contribution in [0.1, 0.15) is 82.4 Å². The second kappa shape index (κ2) is 13.1. The summed E-state index contributed by atoms with van der Waals surface area (Å²) in [7, 11) is 0. The van der Waals surface area contributed by atoms with Crippen molar-refractivity contribution in [1.29, 1.82) is 0 Å². The first-order valence-electron chi connectivity index (χ1n) is 12.5. The van der Waals surface area contributed by atoms with Gasteiger partial charge in [-0.25, -0.2) is 9.13 Å². The van der Waals surface area contributed by atoms with Gasteiger partial charge in [-0.2, -0.15) is 0 Å². The molecule has 0 bridgehead atoms. The Morgan fingerprint density at radius 1 is 0.677 bits per heavy atom. The lowest BCUT2D eigenvalue weighted by atomic mass is 10.1. The van der Waals surface area contributed by atoms with Gasteiger partial charge in [-0.1, -0.05) is 107 Å². The van der Waals surface area contributed by atoms with Crippen LogP contribution in [0.3, 0.4) is 0 Å². The molecule has 2 nitrogen and oxygen atoms in total. The highest BCUT2D eigenvalue weighted by atomic mass is 15.2. The van der Waals surface area contributed by atoms with Crippen LogP contribution in [0, 0.1) is 6.92 Å². The topological polar surface area (TPSA) is 8.81 Å². The minimum atomic E-state index is 0.919. The maximum absolute atomic E-state index is 2.48. The highest BCUT2D eigenvalue weighted by Crippen LogP contribution is 2.20. The molecule has 0 amide bonds. The number of aromatic nitrogens is 2. The molecule has 3 rings (SSSR count). The zero-order chi connectivity index (χ0) is 21.7. The van der Waals surface area contributed by atoms with E-state index in [0.29, 0.717) is 0 Å². The minimum Gasteiger partial charge on any atom is -0.230 e. The number of benzene rings is 2. The van der Waals surface area contributed by atoms with E-state index in [1.807, 2.05) is 0 Å². The second-order valence-electron chi connectivity index (χ2n) is 8.91. The number of unbranched alkanes of at least 4 members (excludes halogenated alkanes) is 9. The van der Waals surface area contributed by atoms with Crippen molar-refractivity contribution < 1.29 is 4.57 Å². The molecule has 0 radical (unpaired) electrons. The normalized spacial score (nSPS) is 11.2. The highest BCUT2D eigenvalue weighted by molar-refractivity contribution is 5.53. The molecule has 0 aliphatic rings. The zero-order valence-corrected chi connectivity index (χ0v) is 19.7. The summed E-state index contributed by atoms with van der Waals surface area (Å²) in [6.45, 7) is 6.55. The van der Waals surface area contributed by atoms with Crippen LogP contribution in [0.5, 0.6) is 0 Å². The first kappa shape index (κ1) is 23.3. The lowest BCUT2D eigenvalue weighted by molar-refractivity contribution is -0.686. The van der Waals surface area contributed by atoms with Crippen LogP contribution in [-0.4, -0.2) is 4.57 Å². The third kappa shape index (κ3) is 7.38. The number of imidazole rings is 1. The summed E-state index contributed by atoms with van der Waals surface area (Å²) < 4.78 is 4.96. The summed E-state index contributed by atoms with van der Waals surface area (Å²) >= 11 is 0. The number of hydrogen-bond acceptors (Lipinski definition) is 0. The smallest absolute Gasteiger partial charge is 0.230 e. The molecule has 0 saturated heterocycles. The maximum Gasteiger partial charge on any atom is 0.289 e. The Kier molecular flexibility index (Phi) is 9.89. The molecular weight excluding hydrogens is 376 g/mol. The monoisotopic (exact) mass is 417 g/mol. The quantitative estimate of drug-likeness (QED) is 0.187. The summed E-state index contributed by atoms with van der Waals surface area (Å²) in [5, 5.41) is 0. The van der Waals surface area contributed by atoms with E-state index in [4.69, 9.17) is 0 Å². The third-order valence-electron chi connectivity index (χ3n) is 6.26. The average molecular weight is 418 g/mol. The Bertz CT molecular complexity index is 865. The molecule has 31 heavy (non-hydrogen) atoms. The number of aryl methyl sites for hydroxylation is 2. The van der Waals surface area contributed by atoms with Crippen molar-refractivity contribution >= 4 is 0 Å². The number of hydrogen-bond donors (Lipinski definition) is 0. The predicted octanol–water partition coefficient (Wildman–Crippen LogP) is 7.72. The Balaban J connectivity index is 1.58. The van der Waals surface area contributed by atoms with Gasteiger partial charge < -0.3 is 0 Å². The average Bonchev–Trinajstić information content (AvgIpc) is 3.11. The fourth-order valence-corrected chi connectivity index (χ4v) is 4.49. The van der Waals surface area contributed by atoms with Gasteiger partial charge in [0.15, 0.2) is 0 Å². The molecule has 166 valence electrons. The summed E-state index contributed by atoms with van der Waals surface area (Å²) in [6, 6.07) is 21.7. The number of rotatable bonds is 14. The van der Waals surface area contributed by atoms with Crippen LogP contribution in [-0.2, 0) is 13.1 Å². The molecule has 0 aliphatic heterocycles. The van der Waals surface area contributed by atoms with E-state index < -0.39 is 0 Å². The van der Waals surface area contributed by atoms with Crippen LogP contribution in [0.15, 0.2) is 66.9 Å². The van der Waals surface area contributed by atoms with E-state index in [1.165, 1.54) is 86.9 Å². The Morgan fingerprint density at radius 3 is 1.84 bits per heavy atom. The first-order chi connectivity index (χ1) is 15.3. The van der Waals surface area contributed by atoms with Gasteiger partial charge in [0.05, 0.1) is 12.1 Å². The van der Waals surface area contributed by atoms with Crippen molar-refractivity contribution in [2.45, 2.75) is 91.1 Å². The summed E-state index contributed by atoms with van der Waals surface area (Å²) in [6.07, 6.45) is 16.2. The molecule has 0 unspecified atom stereocenters. The van der Waals surface area contributed by atoms with Crippen molar-refractivity contribution in [3.05, 3.63) is 78.1 Å². The van der Waals surface area contributed by atoms with Crippen molar-refractivity contribution in [3.8, 4) is 11.4 Å². The van der Waals surface area contributed by atoms with Crippen LogP contribution in [0.2, 0.25) is 0 Å². The molecule has 0 N–H and O–H groups in total. The van der Waals surface area contributed by atoms with E-state index in [2.05, 4.69) is 89.8 Å². The maximum atomic E-state index is 2.48. The van der Waals surface area contributed by atoms with Crippen LogP contribution in [0.4, 0.5) is 0 Å². The largest absolute Gasteiger partial charge is 0.289 e. The van der Waals surface area contributed by atoms with Gasteiger partial charge in [-0.05, 0) is 30.5 Å². The number of nitrogens with zero attached hydrogens (tertiary/aromatic N) is 2. The van der Waals surface area contributed by atoms with Gasteiger partial charge in [0.1, 0.15) is 18.4 Å². The second-order valence-corrected chi connectivity index (χ2v) is 8.91. The summed E-state index contributed by atoms with van der Waals surface area (Å²) in [5.41, 5.74) is 3.98. The molecule has 1 aromatic heterocycles. The fourth-order valence-electron chi connectivity index (χ4n) is 4.49. The Labute approximate surface area is 190 Å². The van der Waals surface area contributed by atoms with Gasteiger partial charge in [0, 0.05) is 6.92 Å². The van der Waals surface area contributed by atoms with Crippen molar-refractivity contribution in [2.24, 2.45) is 0 Å². The van der Waals surface area contributed by atoms with Gasteiger partial charge in [-0.3, -0.25) is 0 Å². The molecule has 2 aromatic carbocycles. The molecule has 0 spiro atoms. The van der Waals surface area contributed by atoms with E-state index in [0.717, 1.165) is 13.1 Å². The molecule has 0 atom stereocenters. The fraction of sp³-hybridized carbons (Fsp3) is 0.483. The van der Waals surface area contributed by atoms with Crippen LogP contribution in [0.25, 0.3) is 11.4 Å². The molecule has 0 aliphatic carbocycles. The van der Waals surface area contributed by atoms with E-state index in [1.54, 1.807) is 0 Å². The van der Waals surface area contributed by atoms with E-state index in [-0.39, 0.29) is 0 Å². The lowest BCUT2D eigenvalue weighted by Crippen LogP contribution is -2.35. The van der Waals surface area contributed by atoms with Crippen molar-refractivity contribution in [1.82, 2.24) is 4.57 Å². The SMILES string of the molecule is CCCCCCCCCCCC[n+]1cc(C)n(Cc2ccccc2)c1-c1ccccc1. The van der Waals surface area contributed by atoms with Gasteiger partial charge in [-0.15, -0.1) is 0 Å². The molecule has 2 heteroatoms. The standard InChI is InChI=1S/C29H41N2/c1-3-4-5-6-7-8-9-10-11-18-23-30-24-26(2)31(25-27-19-14-12-15-20-27)29(30)28-21-16-13-17-22-28/h12-17,19-22,24H,3-11,18,23,25H2,1-2H3/q+1. The van der Waals surface area contributed by atoms with Gasteiger partial charge in [0.25, 0.3) is 5.82 Å². The molecule has 3 aromatic rings. The van der Waals surface area contributed by atoms with Gasteiger partial charge in [0.2, 0.25) is 0 Å². The van der Waals surface area contributed by atoms with Gasteiger partial charge >= 0.3 is 0 Å². The van der Waals surface area contributed by atoms with Crippen molar-refractivity contribution in [3.63, 3.8) is 0 Å².